The summed E-state index contributed by atoms with van der Waals surface area (Å²) in [4.78, 5) is 0.157. The van der Waals surface area contributed by atoms with Gasteiger partial charge in [0, 0.05) is 26.2 Å². The van der Waals surface area contributed by atoms with E-state index in [9.17, 15) is 18.6 Å². The summed E-state index contributed by atoms with van der Waals surface area (Å²) >= 11 is 0. The van der Waals surface area contributed by atoms with Crippen LogP contribution in [0.4, 0.5) is 0 Å². The van der Waals surface area contributed by atoms with Crippen molar-refractivity contribution in [3.05, 3.63) is 65.2 Å². The summed E-state index contributed by atoms with van der Waals surface area (Å²) in [6, 6.07) is 14.1. The number of benzene rings is 2. The van der Waals surface area contributed by atoms with Gasteiger partial charge in [-0.1, -0.05) is 36.4 Å². The molecule has 1 fully saturated rings. The Morgan fingerprint density at radius 1 is 1.15 bits per heavy atom. The van der Waals surface area contributed by atoms with E-state index in [0.29, 0.717) is 6.54 Å². The number of β-amino-alcohol motifs (C(OH)–C–C–N with tert-alkyl or cyclic N) is 2. The maximum atomic E-state index is 12.7. The maximum absolute atomic E-state index is 12.7. The van der Waals surface area contributed by atoms with Gasteiger partial charge in [-0.2, -0.15) is 4.31 Å². The number of rotatable bonds is 6. The molecule has 2 atom stereocenters. The molecule has 0 bridgehead atoms. The second-order valence-corrected chi connectivity index (χ2v) is 9.13. The number of aryl methyl sites for hydroxylation is 1. The highest BCUT2D eigenvalue weighted by Crippen LogP contribution is 2.27. The maximum Gasteiger partial charge on any atom is 0.243 e. The Morgan fingerprint density at radius 2 is 1.85 bits per heavy atom. The number of aliphatic hydroxyl groups is 2. The highest BCUT2D eigenvalue weighted by Gasteiger charge is 2.48. The van der Waals surface area contributed by atoms with E-state index < -0.39 is 21.7 Å². The number of aliphatic hydroxyl groups excluding tert-OH is 1. The van der Waals surface area contributed by atoms with Gasteiger partial charge in [-0.05, 0) is 42.7 Å². The first kappa shape index (κ1) is 20.0. The van der Waals surface area contributed by atoms with Crippen molar-refractivity contribution in [1.29, 1.82) is 0 Å². The Labute approximate surface area is 160 Å². The van der Waals surface area contributed by atoms with Crippen molar-refractivity contribution in [3.8, 4) is 0 Å². The largest absolute Gasteiger partial charge is 0.389 e. The molecule has 2 aromatic rings. The second-order valence-electron chi connectivity index (χ2n) is 7.19. The summed E-state index contributed by atoms with van der Waals surface area (Å²) in [5.74, 6) is 0. The van der Waals surface area contributed by atoms with E-state index in [0.717, 1.165) is 9.87 Å². The van der Waals surface area contributed by atoms with Crippen LogP contribution in [-0.2, 0) is 16.6 Å². The Morgan fingerprint density at radius 3 is 2.56 bits per heavy atom. The lowest BCUT2D eigenvalue weighted by Gasteiger charge is -2.26. The van der Waals surface area contributed by atoms with E-state index in [1.54, 1.807) is 18.2 Å². The Kier molecular flexibility index (Phi) is 5.69. The average molecular weight is 391 g/mol. The number of hydrogen-bond acceptors (Lipinski definition) is 5. The first-order valence-corrected chi connectivity index (χ1v) is 10.4. The molecule has 3 rings (SSSR count). The van der Waals surface area contributed by atoms with Crippen LogP contribution in [0.3, 0.4) is 0 Å². The molecule has 6 nitrogen and oxygen atoms in total. The monoisotopic (exact) mass is 390 g/mol. The van der Waals surface area contributed by atoms with E-state index in [2.05, 4.69) is 5.32 Å². The van der Waals surface area contributed by atoms with Crippen LogP contribution in [0.1, 0.15) is 16.7 Å². The zero-order valence-electron chi connectivity index (χ0n) is 15.6. The van der Waals surface area contributed by atoms with E-state index in [-0.39, 0.29) is 24.5 Å². The van der Waals surface area contributed by atoms with Gasteiger partial charge in [-0.3, -0.25) is 0 Å². The van der Waals surface area contributed by atoms with Gasteiger partial charge >= 0.3 is 0 Å². The Hall–Kier alpha value is -1.77. The lowest BCUT2D eigenvalue weighted by Crippen LogP contribution is -2.50. The summed E-state index contributed by atoms with van der Waals surface area (Å²) in [7, 11) is -3.75. The zero-order chi connectivity index (χ0) is 19.7. The highest BCUT2D eigenvalue weighted by molar-refractivity contribution is 7.89. The van der Waals surface area contributed by atoms with Gasteiger partial charge in [0.25, 0.3) is 0 Å². The lowest BCUT2D eigenvalue weighted by molar-refractivity contribution is -0.0384. The molecule has 1 aliphatic rings. The van der Waals surface area contributed by atoms with Gasteiger partial charge in [0.15, 0.2) is 0 Å². The van der Waals surface area contributed by atoms with Crippen LogP contribution in [0, 0.1) is 13.8 Å². The van der Waals surface area contributed by atoms with Crippen LogP contribution in [0.5, 0.6) is 0 Å². The summed E-state index contributed by atoms with van der Waals surface area (Å²) in [6.45, 7) is 4.44. The van der Waals surface area contributed by atoms with Crippen LogP contribution < -0.4 is 5.32 Å². The molecule has 1 saturated heterocycles. The normalized spacial score (nSPS) is 23.6. The van der Waals surface area contributed by atoms with Crippen LogP contribution in [0.25, 0.3) is 0 Å². The molecule has 0 saturated carbocycles. The predicted octanol–water partition coefficient (Wildman–Crippen LogP) is 1.19. The molecule has 0 aliphatic carbocycles. The van der Waals surface area contributed by atoms with Crippen molar-refractivity contribution >= 4 is 10.0 Å². The van der Waals surface area contributed by atoms with Crippen molar-refractivity contribution in [3.63, 3.8) is 0 Å². The topological polar surface area (TPSA) is 89.9 Å². The highest BCUT2D eigenvalue weighted by atomic mass is 32.2. The average Bonchev–Trinajstić information content (AvgIpc) is 2.95. The molecule has 146 valence electrons. The van der Waals surface area contributed by atoms with Crippen LogP contribution in [-0.4, -0.2) is 54.3 Å². The third-order valence-corrected chi connectivity index (χ3v) is 7.12. The van der Waals surface area contributed by atoms with E-state index in [1.165, 1.54) is 23.3 Å². The molecule has 7 heteroatoms. The molecule has 0 unspecified atom stereocenters. The minimum atomic E-state index is -3.75. The van der Waals surface area contributed by atoms with Gasteiger partial charge in [0.2, 0.25) is 10.0 Å². The fourth-order valence-corrected chi connectivity index (χ4v) is 4.88. The molecular formula is C20H26N2O4S. The lowest BCUT2D eigenvalue weighted by atomic mass is 9.99. The minimum absolute atomic E-state index is 0.0996. The first-order chi connectivity index (χ1) is 12.7. The summed E-state index contributed by atoms with van der Waals surface area (Å²) in [6.07, 6.45) is -1.15. The Bertz CT molecular complexity index is 901. The van der Waals surface area contributed by atoms with E-state index in [1.807, 2.05) is 32.0 Å². The fraction of sp³-hybridized carbons (Fsp3) is 0.400. The molecule has 0 amide bonds. The number of sulfonamides is 1. The number of hydrogen-bond donors (Lipinski definition) is 3. The molecule has 0 spiro atoms. The summed E-state index contributed by atoms with van der Waals surface area (Å²) in [5, 5.41) is 24.3. The first-order valence-electron chi connectivity index (χ1n) is 8.95. The van der Waals surface area contributed by atoms with Crippen LogP contribution in [0.2, 0.25) is 0 Å². The van der Waals surface area contributed by atoms with Crippen molar-refractivity contribution < 1.29 is 18.6 Å². The van der Waals surface area contributed by atoms with Crippen molar-refractivity contribution in [2.24, 2.45) is 0 Å². The minimum Gasteiger partial charge on any atom is -0.389 e. The summed E-state index contributed by atoms with van der Waals surface area (Å²) in [5.41, 5.74) is 1.95. The molecule has 3 N–H and O–H groups in total. The van der Waals surface area contributed by atoms with Crippen molar-refractivity contribution in [2.45, 2.75) is 37.0 Å². The van der Waals surface area contributed by atoms with Gasteiger partial charge in [-0.25, -0.2) is 8.42 Å². The number of nitrogens with one attached hydrogen (secondary N) is 1. The van der Waals surface area contributed by atoms with Crippen molar-refractivity contribution in [2.75, 3.05) is 19.6 Å². The third kappa shape index (κ3) is 4.07. The van der Waals surface area contributed by atoms with Crippen LogP contribution >= 0.6 is 0 Å². The van der Waals surface area contributed by atoms with Crippen molar-refractivity contribution in [1.82, 2.24) is 9.62 Å². The predicted molar refractivity (Wildman–Crippen MR) is 104 cm³/mol. The smallest absolute Gasteiger partial charge is 0.243 e. The molecule has 2 aromatic carbocycles. The van der Waals surface area contributed by atoms with Gasteiger partial charge < -0.3 is 15.5 Å². The van der Waals surface area contributed by atoms with E-state index in [4.69, 9.17) is 0 Å². The molecular weight excluding hydrogens is 364 g/mol. The molecule has 27 heavy (non-hydrogen) atoms. The van der Waals surface area contributed by atoms with Gasteiger partial charge in [-0.15, -0.1) is 0 Å². The number of nitrogens with zero attached hydrogens (tertiary/aromatic N) is 1. The molecule has 0 aromatic heterocycles. The standard InChI is InChI=1S/C20H26N2O4S/c1-15-7-6-8-17(16(15)2)11-21-13-20(24)14-22(12-19(20)23)27(25,26)18-9-4-3-5-10-18/h3-10,19,21,23-24H,11-14H2,1-2H3/t19-,20+/m1/s1. The molecule has 0 radical (unpaired) electrons. The van der Waals surface area contributed by atoms with Gasteiger partial charge in [0.1, 0.15) is 5.60 Å². The van der Waals surface area contributed by atoms with Crippen LogP contribution in [0.15, 0.2) is 53.4 Å². The molecule has 1 heterocycles. The zero-order valence-corrected chi connectivity index (χ0v) is 16.4. The quantitative estimate of drug-likeness (QED) is 0.689. The summed E-state index contributed by atoms with van der Waals surface area (Å²) < 4.78 is 26.6. The molecule has 1 aliphatic heterocycles. The third-order valence-electron chi connectivity index (χ3n) is 5.29. The van der Waals surface area contributed by atoms with E-state index >= 15 is 0 Å². The Balaban J connectivity index is 1.67. The SMILES string of the molecule is Cc1cccc(CNC[C@]2(O)CN(S(=O)(=O)c3ccccc3)C[C@H]2O)c1C. The second kappa shape index (κ2) is 7.69. The fourth-order valence-electron chi connectivity index (χ4n) is 3.35. The van der Waals surface area contributed by atoms with Gasteiger partial charge in [0.05, 0.1) is 11.0 Å².